The van der Waals surface area contributed by atoms with Crippen molar-refractivity contribution in [2.75, 3.05) is 11.5 Å². The molecule has 20 heavy (non-hydrogen) atoms. The molecular weight excluding hydrogens is 462 g/mol. The van der Waals surface area contributed by atoms with E-state index in [2.05, 4.69) is 23.5 Å². The van der Waals surface area contributed by atoms with Crippen LogP contribution in [0.3, 0.4) is 0 Å². The molecule has 8 heteroatoms. The summed E-state index contributed by atoms with van der Waals surface area (Å²) in [5.74, 6) is 2.47. The Morgan fingerprint density at radius 2 is 1.35 bits per heavy atom. The van der Waals surface area contributed by atoms with E-state index in [9.17, 15) is 10.2 Å². The number of phenolic OH excluding ortho intramolecular Hbond substituents is 2. The third-order valence-corrected chi connectivity index (χ3v) is 17.2. The molecule has 104 valence electrons. The molecule has 0 aromatic heterocycles. The van der Waals surface area contributed by atoms with Crippen molar-refractivity contribution in [2.24, 2.45) is 0 Å². The van der Waals surface area contributed by atoms with Crippen LogP contribution >= 0.6 is 47.0 Å². The Bertz CT molecular complexity index is 619. The van der Waals surface area contributed by atoms with Crippen molar-refractivity contribution in [3.8, 4) is 11.5 Å². The summed E-state index contributed by atoms with van der Waals surface area (Å²) in [4.78, 5) is 2.15. The summed E-state index contributed by atoms with van der Waals surface area (Å²) in [7, 11) is 0. The van der Waals surface area contributed by atoms with Gasteiger partial charge in [-0.25, -0.2) is 0 Å². The zero-order valence-electron chi connectivity index (χ0n) is 9.91. The molecule has 2 N–H and O–H groups in total. The van der Waals surface area contributed by atoms with E-state index in [1.807, 2.05) is 0 Å². The number of hydrogen-bond acceptors (Lipinski definition) is 6. The number of thioether (sulfide) groups is 4. The standard InChI is InChI=1S/C12H8O2S4Se2/c13-5-3-7-8(4-6(5)14)18-9(17-7)12-19-10-11(20-12)16-2-1-15-10/h3-4,13-14H,1-2H2. The molecule has 0 amide bonds. The van der Waals surface area contributed by atoms with Crippen LogP contribution in [0.25, 0.3) is 0 Å². The Hall–Kier alpha value is 0.739. The van der Waals surface area contributed by atoms with E-state index in [0.29, 0.717) is 29.9 Å². The first-order chi connectivity index (χ1) is 9.70. The second-order valence-electron chi connectivity index (χ2n) is 4.04. The zero-order valence-corrected chi connectivity index (χ0v) is 16.6. The Balaban J connectivity index is 1.62. The van der Waals surface area contributed by atoms with Crippen molar-refractivity contribution in [3.63, 3.8) is 0 Å². The molecule has 0 bridgehead atoms. The fraction of sp³-hybridized carbons (Fsp3) is 0.167. The van der Waals surface area contributed by atoms with E-state index in [0.717, 1.165) is 9.79 Å². The van der Waals surface area contributed by atoms with Crippen LogP contribution in [-0.2, 0) is 0 Å². The third-order valence-electron chi connectivity index (χ3n) is 2.70. The molecule has 0 saturated carbocycles. The summed E-state index contributed by atoms with van der Waals surface area (Å²) >= 11 is 8.65. The molecule has 0 atom stereocenters. The Kier molecular flexibility index (Phi) is 4.12. The van der Waals surface area contributed by atoms with Crippen molar-refractivity contribution in [1.29, 1.82) is 0 Å². The van der Waals surface area contributed by atoms with Crippen LogP contribution in [0.5, 0.6) is 11.5 Å². The molecule has 1 aromatic rings. The fourth-order valence-corrected chi connectivity index (χ4v) is 17.4. The topological polar surface area (TPSA) is 40.5 Å². The van der Waals surface area contributed by atoms with E-state index in [4.69, 9.17) is 0 Å². The predicted molar refractivity (Wildman–Crippen MR) is 92.0 cm³/mol. The number of hydrogen-bond donors (Lipinski definition) is 2. The average molecular weight is 470 g/mol. The van der Waals surface area contributed by atoms with Gasteiger partial charge in [0.25, 0.3) is 0 Å². The van der Waals surface area contributed by atoms with Gasteiger partial charge in [0.05, 0.1) is 0 Å². The van der Waals surface area contributed by atoms with Crippen molar-refractivity contribution in [3.05, 3.63) is 27.3 Å². The summed E-state index contributed by atoms with van der Waals surface area (Å²) in [5, 5.41) is 19.2. The molecule has 0 saturated heterocycles. The SMILES string of the molecule is Oc1cc2c(cc1O)SC(=C1[Se]C3=C(SCCS3)[Se]1)S2. The Morgan fingerprint density at radius 3 is 1.85 bits per heavy atom. The van der Waals surface area contributed by atoms with Gasteiger partial charge in [-0.3, -0.25) is 0 Å². The van der Waals surface area contributed by atoms with Crippen LogP contribution in [0.1, 0.15) is 0 Å². The van der Waals surface area contributed by atoms with Gasteiger partial charge in [-0.1, -0.05) is 0 Å². The maximum absolute atomic E-state index is 9.61. The molecule has 0 radical (unpaired) electrons. The van der Waals surface area contributed by atoms with Gasteiger partial charge in [-0.15, -0.1) is 0 Å². The molecule has 1 aromatic carbocycles. The number of fused-ring (bicyclic) bond motifs is 1. The normalized spacial score (nSPS) is 21.4. The van der Waals surface area contributed by atoms with Gasteiger partial charge in [0.2, 0.25) is 0 Å². The summed E-state index contributed by atoms with van der Waals surface area (Å²) in [6.07, 6.45) is 0. The number of phenols is 2. The molecule has 3 heterocycles. The van der Waals surface area contributed by atoms with Crippen molar-refractivity contribution in [2.45, 2.75) is 9.79 Å². The molecule has 3 aliphatic heterocycles. The molecule has 0 fully saturated rings. The van der Waals surface area contributed by atoms with Gasteiger partial charge >= 0.3 is 147 Å². The Morgan fingerprint density at radius 1 is 0.850 bits per heavy atom. The van der Waals surface area contributed by atoms with Gasteiger partial charge < -0.3 is 0 Å². The molecule has 0 spiro atoms. The van der Waals surface area contributed by atoms with E-state index >= 15 is 0 Å². The number of benzene rings is 1. The molecule has 0 unspecified atom stereocenters. The number of aromatic hydroxyl groups is 2. The van der Waals surface area contributed by atoms with E-state index < -0.39 is 0 Å². The molecule has 4 rings (SSSR count). The first kappa shape index (κ1) is 14.3. The van der Waals surface area contributed by atoms with Crippen molar-refractivity contribution >= 4 is 77.0 Å². The second kappa shape index (κ2) is 5.74. The summed E-state index contributed by atoms with van der Waals surface area (Å²) in [6, 6.07) is 3.36. The quantitative estimate of drug-likeness (QED) is 0.447. The minimum atomic E-state index is -0.0194. The predicted octanol–water partition coefficient (Wildman–Crippen LogP) is 3.45. The zero-order chi connectivity index (χ0) is 13.7. The first-order valence-electron chi connectivity index (χ1n) is 5.72. The third kappa shape index (κ3) is 2.59. The summed E-state index contributed by atoms with van der Waals surface area (Å²) in [6.45, 7) is 0. The van der Waals surface area contributed by atoms with E-state index in [1.165, 1.54) is 15.7 Å². The van der Waals surface area contributed by atoms with Gasteiger partial charge in [-0.05, 0) is 0 Å². The van der Waals surface area contributed by atoms with Crippen molar-refractivity contribution in [1.82, 2.24) is 0 Å². The van der Waals surface area contributed by atoms with Gasteiger partial charge in [0.1, 0.15) is 0 Å². The molecular formula is C12H8O2S4Se2. The van der Waals surface area contributed by atoms with Gasteiger partial charge in [-0.2, -0.15) is 0 Å². The molecule has 3 aliphatic rings. The van der Waals surface area contributed by atoms with E-state index in [-0.39, 0.29) is 11.5 Å². The first-order valence-corrected chi connectivity index (χ1v) is 12.8. The van der Waals surface area contributed by atoms with Crippen LogP contribution < -0.4 is 0 Å². The van der Waals surface area contributed by atoms with Crippen LogP contribution in [-0.4, -0.2) is 51.6 Å². The number of rotatable bonds is 0. The van der Waals surface area contributed by atoms with Crippen molar-refractivity contribution < 1.29 is 10.2 Å². The van der Waals surface area contributed by atoms with Crippen LogP contribution in [0.4, 0.5) is 0 Å². The molecule has 2 nitrogen and oxygen atoms in total. The average Bonchev–Trinajstić information content (AvgIpc) is 3.02. The monoisotopic (exact) mass is 472 g/mol. The van der Waals surface area contributed by atoms with Gasteiger partial charge in [0, 0.05) is 0 Å². The van der Waals surface area contributed by atoms with Crippen LogP contribution in [0.2, 0.25) is 0 Å². The van der Waals surface area contributed by atoms with Crippen LogP contribution in [0.15, 0.2) is 37.1 Å². The fourth-order valence-electron chi connectivity index (χ4n) is 1.80. The summed E-state index contributed by atoms with van der Waals surface area (Å²) in [5.41, 5.74) is 0. The van der Waals surface area contributed by atoms with Crippen LogP contribution in [0, 0.1) is 0 Å². The Labute approximate surface area is 146 Å². The second-order valence-corrected chi connectivity index (χ2v) is 15.4. The van der Waals surface area contributed by atoms with Gasteiger partial charge in [0.15, 0.2) is 0 Å². The maximum atomic E-state index is 9.61. The summed E-state index contributed by atoms with van der Waals surface area (Å²) < 4.78 is 6.32. The molecule has 0 aliphatic carbocycles. The van der Waals surface area contributed by atoms with E-state index in [1.54, 1.807) is 46.6 Å². The minimum absolute atomic E-state index is 0.0194.